The number of hydrogen-bond donors (Lipinski definition) is 3. The van der Waals surface area contributed by atoms with E-state index < -0.39 is 11.8 Å². The molecular formula is C12H13FN2O3. The van der Waals surface area contributed by atoms with Gasteiger partial charge in [0.2, 0.25) is 5.91 Å². The monoisotopic (exact) mass is 252 g/mol. The average molecular weight is 252 g/mol. The van der Waals surface area contributed by atoms with Crippen LogP contribution in [0.4, 0.5) is 10.1 Å². The Morgan fingerprint density at radius 2 is 2.11 bits per heavy atom. The fraction of sp³-hybridized carbons (Fsp3) is 0.333. The molecule has 0 saturated heterocycles. The molecule has 3 N–H and O–H groups in total. The lowest BCUT2D eigenvalue weighted by molar-refractivity contribution is -0.115. The Labute approximate surface area is 103 Å². The molecule has 0 bridgehead atoms. The van der Waals surface area contributed by atoms with E-state index in [1.807, 2.05) is 0 Å². The highest BCUT2D eigenvalue weighted by Crippen LogP contribution is 2.19. The van der Waals surface area contributed by atoms with Crippen LogP contribution in [0.25, 0.3) is 0 Å². The third-order valence-corrected chi connectivity index (χ3v) is 2.61. The normalized spacial score (nSPS) is 14.3. The topological polar surface area (TPSA) is 78.4 Å². The Kier molecular flexibility index (Phi) is 3.57. The zero-order valence-corrected chi connectivity index (χ0v) is 9.57. The van der Waals surface area contributed by atoms with E-state index in [1.165, 1.54) is 6.07 Å². The summed E-state index contributed by atoms with van der Waals surface area (Å²) in [5.41, 5.74) is -0.152. The van der Waals surface area contributed by atoms with Crippen LogP contribution in [0.1, 0.15) is 23.2 Å². The number of benzene rings is 1. The van der Waals surface area contributed by atoms with Gasteiger partial charge < -0.3 is 15.7 Å². The first-order chi connectivity index (χ1) is 8.56. The van der Waals surface area contributed by atoms with E-state index in [-0.39, 0.29) is 23.7 Å². The Morgan fingerprint density at radius 3 is 2.72 bits per heavy atom. The van der Waals surface area contributed by atoms with Gasteiger partial charge in [-0.25, -0.2) is 9.18 Å². The maximum absolute atomic E-state index is 12.9. The molecule has 1 saturated carbocycles. The Morgan fingerprint density at radius 1 is 1.39 bits per heavy atom. The minimum atomic E-state index is -1.28. The predicted molar refractivity (Wildman–Crippen MR) is 63.0 cm³/mol. The molecule has 0 aromatic heterocycles. The molecule has 0 spiro atoms. The molecule has 0 atom stereocenters. The van der Waals surface area contributed by atoms with Gasteiger partial charge in [-0.2, -0.15) is 0 Å². The first-order valence-corrected chi connectivity index (χ1v) is 5.62. The van der Waals surface area contributed by atoms with Gasteiger partial charge in [0.15, 0.2) is 0 Å². The fourth-order valence-corrected chi connectivity index (χ4v) is 1.52. The molecule has 1 aliphatic carbocycles. The molecule has 0 radical (unpaired) electrons. The summed E-state index contributed by atoms with van der Waals surface area (Å²) in [5, 5.41) is 14.4. The van der Waals surface area contributed by atoms with Crippen LogP contribution in [0.5, 0.6) is 0 Å². The fourth-order valence-electron chi connectivity index (χ4n) is 1.52. The molecule has 5 nitrogen and oxygen atoms in total. The van der Waals surface area contributed by atoms with E-state index in [9.17, 15) is 14.0 Å². The standard InChI is InChI=1S/C12H13FN2O3/c13-7-1-4-10(9(5-7)12(17)18)15-11(16)6-14-8-2-3-8/h1,4-5,8,14H,2-3,6H2,(H,15,16)(H,17,18). The van der Waals surface area contributed by atoms with Gasteiger partial charge in [-0.05, 0) is 31.0 Å². The lowest BCUT2D eigenvalue weighted by Crippen LogP contribution is -2.30. The van der Waals surface area contributed by atoms with E-state index >= 15 is 0 Å². The summed E-state index contributed by atoms with van der Waals surface area (Å²) in [7, 11) is 0. The summed E-state index contributed by atoms with van der Waals surface area (Å²) in [6, 6.07) is 3.62. The molecule has 18 heavy (non-hydrogen) atoms. The SMILES string of the molecule is O=C(CNC1CC1)Nc1ccc(F)cc1C(=O)O. The van der Waals surface area contributed by atoms with Gasteiger partial charge in [0, 0.05) is 6.04 Å². The lowest BCUT2D eigenvalue weighted by atomic mass is 10.1. The summed E-state index contributed by atoms with van der Waals surface area (Å²) in [6.07, 6.45) is 2.12. The summed E-state index contributed by atoms with van der Waals surface area (Å²) in [6.45, 7) is 0.126. The van der Waals surface area contributed by atoms with Crippen molar-refractivity contribution in [3.05, 3.63) is 29.6 Å². The number of aromatic carboxylic acids is 1. The van der Waals surface area contributed by atoms with Crippen molar-refractivity contribution < 1.29 is 19.1 Å². The number of halogens is 1. The van der Waals surface area contributed by atoms with E-state index in [0.717, 1.165) is 25.0 Å². The smallest absolute Gasteiger partial charge is 0.337 e. The van der Waals surface area contributed by atoms with Gasteiger partial charge in [-0.3, -0.25) is 4.79 Å². The van der Waals surface area contributed by atoms with Crippen LogP contribution < -0.4 is 10.6 Å². The molecule has 1 aliphatic rings. The number of rotatable bonds is 5. The van der Waals surface area contributed by atoms with Gasteiger partial charge >= 0.3 is 5.97 Å². The molecule has 1 amide bonds. The first-order valence-electron chi connectivity index (χ1n) is 5.62. The Hall–Kier alpha value is -1.95. The molecule has 1 aromatic rings. The van der Waals surface area contributed by atoms with Crippen molar-refractivity contribution >= 4 is 17.6 Å². The van der Waals surface area contributed by atoms with Gasteiger partial charge in [0.25, 0.3) is 0 Å². The maximum atomic E-state index is 12.9. The molecule has 96 valence electrons. The van der Waals surface area contributed by atoms with Crippen molar-refractivity contribution in [1.29, 1.82) is 0 Å². The zero-order chi connectivity index (χ0) is 13.1. The average Bonchev–Trinajstić information content (AvgIpc) is 3.12. The van der Waals surface area contributed by atoms with E-state index in [2.05, 4.69) is 10.6 Å². The van der Waals surface area contributed by atoms with Crippen molar-refractivity contribution in [1.82, 2.24) is 5.32 Å². The molecule has 0 heterocycles. The maximum Gasteiger partial charge on any atom is 0.337 e. The Bertz CT molecular complexity index is 486. The zero-order valence-electron chi connectivity index (χ0n) is 9.57. The highest BCUT2D eigenvalue weighted by Gasteiger charge is 2.21. The summed E-state index contributed by atoms with van der Waals surface area (Å²) in [4.78, 5) is 22.4. The van der Waals surface area contributed by atoms with E-state index in [4.69, 9.17) is 5.11 Å². The largest absolute Gasteiger partial charge is 0.478 e. The number of nitrogens with one attached hydrogen (secondary N) is 2. The molecule has 1 fully saturated rings. The van der Waals surface area contributed by atoms with Crippen LogP contribution in [0.2, 0.25) is 0 Å². The van der Waals surface area contributed by atoms with Crippen LogP contribution in [0.3, 0.4) is 0 Å². The van der Waals surface area contributed by atoms with Crippen LogP contribution in [-0.4, -0.2) is 29.6 Å². The van der Waals surface area contributed by atoms with Crippen LogP contribution >= 0.6 is 0 Å². The molecular weight excluding hydrogens is 239 g/mol. The molecule has 1 aromatic carbocycles. The van der Waals surface area contributed by atoms with Crippen molar-refractivity contribution in [3.8, 4) is 0 Å². The Balaban J connectivity index is 2.02. The van der Waals surface area contributed by atoms with Crippen molar-refractivity contribution in [2.45, 2.75) is 18.9 Å². The van der Waals surface area contributed by atoms with Crippen LogP contribution in [0.15, 0.2) is 18.2 Å². The highest BCUT2D eigenvalue weighted by molar-refractivity contribution is 6.01. The number of carbonyl (C=O) groups excluding carboxylic acids is 1. The van der Waals surface area contributed by atoms with Crippen molar-refractivity contribution in [2.24, 2.45) is 0 Å². The minimum absolute atomic E-state index is 0.103. The van der Waals surface area contributed by atoms with E-state index in [1.54, 1.807) is 0 Å². The second-order valence-corrected chi connectivity index (χ2v) is 4.20. The third-order valence-electron chi connectivity index (χ3n) is 2.61. The number of carbonyl (C=O) groups is 2. The minimum Gasteiger partial charge on any atom is -0.478 e. The molecule has 0 unspecified atom stereocenters. The number of carboxylic acids is 1. The van der Waals surface area contributed by atoms with E-state index in [0.29, 0.717) is 6.04 Å². The number of hydrogen-bond acceptors (Lipinski definition) is 3. The second-order valence-electron chi connectivity index (χ2n) is 4.20. The van der Waals surface area contributed by atoms with Crippen molar-refractivity contribution in [2.75, 3.05) is 11.9 Å². The summed E-state index contributed by atoms with van der Waals surface area (Å²) < 4.78 is 12.9. The number of amides is 1. The van der Waals surface area contributed by atoms with Gasteiger partial charge in [-0.15, -0.1) is 0 Å². The number of anilines is 1. The first kappa shape index (κ1) is 12.5. The highest BCUT2D eigenvalue weighted by atomic mass is 19.1. The van der Waals surface area contributed by atoms with Gasteiger partial charge in [0.1, 0.15) is 5.82 Å². The van der Waals surface area contributed by atoms with Gasteiger partial charge in [-0.1, -0.05) is 0 Å². The molecule has 6 heteroatoms. The molecule has 2 rings (SSSR count). The van der Waals surface area contributed by atoms with Crippen LogP contribution in [0, 0.1) is 5.82 Å². The third kappa shape index (κ3) is 3.27. The predicted octanol–water partition coefficient (Wildman–Crippen LogP) is 1.21. The van der Waals surface area contributed by atoms with Gasteiger partial charge in [0.05, 0.1) is 17.8 Å². The van der Waals surface area contributed by atoms with Crippen LogP contribution in [-0.2, 0) is 4.79 Å². The quantitative estimate of drug-likeness (QED) is 0.736. The molecule has 0 aliphatic heterocycles. The lowest BCUT2D eigenvalue weighted by Gasteiger charge is -2.09. The number of carboxylic acid groups (broad SMARTS) is 1. The second kappa shape index (κ2) is 5.14. The summed E-state index contributed by atoms with van der Waals surface area (Å²) >= 11 is 0. The van der Waals surface area contributed by atoms with Crippen molar-refractivity contribution in [3.63, 3.8) is 0 Å². The summed E-state index contributed by atoms with van der Waals surface area (Å²) in [5.74, 6) is -2.27.